The highest BCUT2D eigenvalue weighted by molar-refractivity contribution is 7.71. The van der Waals surface area contributed by atoms with Crippen molar-refractivity contribution in [3.05, 3.63) is 15.5 Å². The molecule has 2 rings (SSSR count). The van der Waals surface area contributed by atoms with Crippen LogP contribution in [0.4, 0.5) is 0 Å². The largest absolute Gasteiger partial charge is 0.378 e. The van der Waals surface area contributed by atoms with E-state index in [1.807, 2.05) is 6.92 Å². The predicted octanol–water partition coefficient (Wildman–Crippen LogP) is 3.49. The van der Waals surface area contributed by atoms with Crippen LogP contribution < -0.4 is 0 Å². The number of aromatic nitrogens is 4. The number of methoxy groups -OCH3 is 1. The normalized spacial score (nSPS) is 12.8. The molecule has 0 bridgehead atoms. The molecular formula is C12H18N4OS2. The first-order valence-electron chi connectivity index (χ1n) is 6.21. The Morgan fingerprint density at radius 1 is 1.53 bits per heavy atom. The topological polar surface area (TPSA) is 55.7 Å². The lowest BCUT2D eigenvalue weighted by Gasteiger charge is -2.12. The third-order valence-corrected chi connectivity index (χ3v) is 4.32. The lowest BCUT2D eigenvalue weighted by Crippen LogP contribution is -2.06. The summed E-state index contributed by atoms with van der Waals surface area (Å²) in [6.07, 6.45) is 0.998. The number of nitrogens with zero attached hydrogens (tertiary/aromatic N) is 3. The number of hydrogen-bond donors (Lipinski definition) is 1. The maximum atomic E-state index is 5.33. The van der Waals surface area contributed by atoms with Gasteiger partial charge in [-0.25, -0.2) is 4.98 Å². The van der Waals surface area contributed by atoms with Crippen LogP contribution in [0.15, 0.2) is 0 Å². The molecule has 0 aromatic carbocycles. The van der Waals surface area contributed by atoms with Crippen LogP contribution in [0.3, 0.4) is 0 Å². The Labute approximate surface area is 121 Å². The first-order valence-corrected chi connectivity index (χ1v) is 7.43. The molecule has 1 N–H and O–H groups in total. The minimum absolute atomic E-state index is 0.305. The Kier molecular flexibility index (Phi) is 4.49. The monoisotopic (exact) mass is 298 g/mol. The number of rotatable bonds is 5. The molecule has 0 aliphatic heterocycles. The highest BCUT2D eigenvalue weighted by Crippen LogP contribution is 2.31. The lowest BCUT2D eigenvalue weighted by atomic mass is 10.2. The molecule has 0 aliphatic carbocycles. The minimum atomic E-state index is 0.305. The Bertz CT molecular complexity index is 614. The van der Waals surface area contributed by atoms with E-state index in [2.05, 4.69) is 33.6 Å². The van der Waals surface area contributed by atoms with Crippen molar-refractivity contribution < 1.29 is 4.74 Å². The van der Waals surface area contributed by atoms with Crippen molar-refractivity contribution in [1.29, 1.82) is 0 Å². The summed E-state index contributed by atoms with van der Waals surface area (Å²) >= 11 is 6.95. The van der Waals surface area contributed by atoms with E-state index in [9.17, 15) is 0 Å². The molecule has 1 atom stereocenters. The van der Waals surface area contributed by atoms with Gasteiger partial charge in [0.2, 0.25) is 0 Å². The Hall–Kier alpha value is -1.05. The summed E-state index contributed by atoms with van der Waals surface area (Å²) < 4.78 is 7.92. The molecule has 0 fully saturated rings. The van der Waals surface area contributed by atoms with Crippen molar-refractivity contribution in [3.8, 4) is 10.7 Å². The molecule has 1 unspecified atom stereocenters. The molecule has 0 saturated carbocycles. The molecule has 2 heterocycles. The predicted molar refractivity (Wildman–Crippen MR) is 79.0 cm³/mol. The van der Waals surface area contributed by atoms with Gasteiger partial charge in [0.05, 0.1) is 22.2 Å². The van der Waals surface area contributed by atoms with Gasteiger partial charge < -0.3 is 4.74 Å². The molecule has 0 radical (unpaired) electrons. The van der Waals surface area contributed by atoms with Crippen molar-refractivity contribution in [2.75, 3.05) is 7.11 Å². The van der Waals surface area contributed by atoms with Gasteiger partial charge in [-0.1, -0.05) is 6.92 Å². The molecule has 2 aromatic rings. The number of aromatic amines is 1. The van der Waals surface area contributed by atoms with Crippen LogP contribution in [-0.2, 0) is 11.3 Å². The summed E-state index contributed by atoms with van der Waals surface area (Å²) in [6, 6.07) is 0.305. The molecule has 5 nitrogen and oxygen atoms in total. The van der Waals surface area contributed by atoms with Crippen molar-refractivity contribution in [2.45, 2.75) is 39.8 Å². The number of ether oxygens (including phenoxy) is 1. The van der Waals surface area contributed by atoms with Crippen molar-refractivity contribution in [1.82, 2.24) is 19.7 Å². The Morgan fingerprint density at radius 2 is 2.26 bits per heavy atom. The number of aryl methyl sites for hydroxylation is 1. The van der Waals surface area contributed by atoms with Gasteiger partial charge in [-0.05, 0) is 32.5 Å². The molecule has 0 spiro atoms. The summed E-state index contributed by atoms with van der Waals surface area (Å²) in [5.74, 6) is 0.858. The maximum absolute atomic E-state index is 5.33. The van der Waals surface area contributed by atoms with E-state index in [1.165, 1.54) is 0 Å². The van der Waals surface area contributed by atoms with E-state index >= 15 is 0 Å². The number of nitrogens with one attached hydrogen (secondary N) is 1. The van der Waals surface area contributed by atoms with Gasteiger partial charge in [0.1, 0.15) is 0 Å². The molecule has 7 heteroatoms. The molecule has 0 aliphatic rings. The smallest absolute Gasteiger partial charge is 0.195 e. The zero-order chi connectivity index (χ0) is 14.0. The summed E-state index contributed by atoms with van der Waals surface area (Å²) in [4.78, 5) is 5.54. The minimum Gasteiger partial charge on any atom is -0.378 e. The van der Waals surface area contributed by atoms with E-state index in [4.69, 9.17) is 17.0 Å². The third kappa shape index (κ3) is 2.77. The second-order valence-electron chi connectivity index (χ2n) is 4.42. The third-order valence-electron chi connectivity index (χ3n) is 3.02. The maximum Gasteiger partial charge on any atom is 0.195 e. The van der Waals surface area contributed by atoms with Gasteiger partial charge in [0, 0.05) is 13.2 Å². The zero-order valence-electron chi connectivity index (χ0n) is 11.6. The first kappa shape index (κ1) is 14.4. The summed E-state index contributed by atoms with van der Waals surface area (Å²) in [6.45, 7) is 6.75. The van der Waals surface area contributed by atoms with Crippen LogP contribution in [-0.4, -0.2) is 26.9 Å². The molecule has 19 heavy (non-hydrogen) atoms. The van der Waals surface area contributed by atoms with Gasteiger partial charge in [0.25, 0.3) is 0 Å². The molecule has 104 valence electrons. The van der Waals surface area contributed by atoms with Gasteiger partial charge >= 0.3 is 0 Å². The van der Waals surface area contributed by atoms with Crippen LogP contribution in [0.1, 0.15) is 37.0 Å². The lowest BCUT2D eigenvalue weighted by molar-refractivity contribution is 0.182. The van der Waals surface area contributed by atoms with Crippen molar-refractivity contribution in [2.24, 2.45) is 0 Å². The first-order chi connectivity index (χ1) is 9.08. The van der Waals surface area contributed by atoms with Crippen LogP contribution in [0.5, 0.6) is 0 Å². The number of thiazole rings is 1. The van der Waals surface area contributed by atoms with Crippen LogP contribution in [0.25, 0.3) is 10.7 Å². The van der Waals surface area contributed by atoms with Crippen molar-refractivity contribution >= 4 is 23.6 Å². The molecule has 0 saturated heterocycles. The van der Waals surface area contributed by atoms with E-state index in [-0.39, 0.29) is 0 Å². The highest BCUT2D eigenvalue weighted by Gasteiger charge is 2.19. The summed E-state index contributed by atoms with van der Waals surface area (Å²) in [7, 11) is 1.67. The molecular weight excluding hydrogens is 280 g/mol. The van der Waals surface area contributed by atoms with E-state index in [1.54, 1.807) is 18.4 Å². The fourth-order valence-corrected chi connectivity index (χ4v) is 3.16. The fourth-order valence-electron chi connectivity index (χ4n) is 1.94. The second-order valence-corrected chi connectivity index (χ2v) is 6.01. The van der Waals surface area contributed by atoms with Gasteiger partial charge in [-0.3, -0.25) is 9.67 Å². The van der Waals surface area contributed by atoms with E-state index in [0.717, 1.165) is 27.8 Å². The molecule has 2 aromatic heterocycles. The quantitative estimate of drug-likeness (QED) is 0.859. The van der Waals surface area contributed by atoms with Crippen LogP contribution in [0, 0.1) is 11.7 Å². The molecule has 0 amide bonds. The SMILES string of the molecule is CCC(C)n1c(-c2sc(C)nc2COC)n[nH]c1=S. The van der Waals surface area contributed by atoms with Gasteiger partial charge in [-0.15, -0.1) is 11.3 Å². The fraction of sp³-hybridized carbons (Fsp3) is 0.583. The number of hydrogen-bond acceptors (Lipinski definition) is 5. The zero-order valence-corrected chi connectivity index (χ0v) is 13.2. The van der Waals surface area contributed by atoms with E-state index < -0.39 is 0 Å². The van der Waals surface area contributed by atoms with Crippen LogP contribution in [0.2, 0.25) is 0 Å². The van der Waals surface area contributed by atoms with Crippen molar-refractivity contribution in [3.63, 3.8) is 0 Å². The average Bonchev–Trinajstić information content (AvgIpc) is 2.92. The van der Waals surface area contributed by atoms with E-state index in [0.29, 0.717) is 17.4 Å². The summed E-state index contributed by atoms with van der Waals surface area (Å²) in [5, 5.41) is 8.26. The Morgan fingerprint density at radius 3 is 2.89 bits per heavy atom. The standard InChI is InChI=1S/C12H18N4OS2/c1-5-7(2)16-11(14-15-12(16)18)10-9(6-17-4)13-8(3)19-10/h7H,5-6H2,1-4H3,(H,15,18). The second kappa shape index (κ2) is 5.94. The Balaban J connectivity index is 2.56. The van der Waals surface area contributed by atoms with Crippen LogP contribution >= 0.6 is 23.6 Å². The van der Waals surface area contributed by atoms with Gasteiger partial charge in [-0.2, -0.15) is 5.10 Å². The van der Waals surface area contributed by atoms with Gasteiger partial charge in [0.15, 0.2) is 10.6 Å². The number of H-pyrrole nitrogens is 1. The summed E-state index contributed by atoms with van der Waals surface area (Å²) in [5.41, 5.74) is 0.920. The average molecular weight is 298 g/mol. The highest BCUT2D eigenvalue weighted by atomic mass is 32.1.